The second-order valence-corrected chi connectivity index (χ2v) is 5.55. The molecule has 0 aliphatic carbocycles. The number of methoxy groups -OCH3 is 1. The molecule has 96 valence electrons. The maximum Gasteiger partial charge on any atom is 0.0778 e. The van der Waals surface area contributed by atoms with E-state index in [4.69, 9.17) is 4.74 Å². The molecule has 0 saturated carbocycles. The summed E-state index contributed by atoms with van der Waals surface area (Å²) in [6, 6.07) is 2.37. The molecule has 0 fully saturated rings. The zero-order valence-electron chi connectivity index (χ0n) is 11.0. The maximum absolute atomic E-state index is 5.56. The molecule has 1 aromatic rings. The van der Waals surface area contributed by atoms with Gasteiger partial charge in [-0.3, -0.25) is 4.98 Å². The quantitative estimate of drug-likeness (QED) is 0.877. The van der Waals surface area contributed by atoms with Crippen LogP contribution in [0, 0.1) is 0 Å². The first-order valence-corrected chi connectivity index (χ1v) is 6.67. The summed E-state index contributed by atoms with van der Waals surface area (Å²) in [6.45, 7) is 7.24. The zero-order chi connectivity index (χ0) is 12.9. The lowest BCUT2D eigenvalue weighted by atomic mass is 9.92. The minimum atomic E-state index is -0.196. The van der Waals surface area contributed by atoms with Gasteiger partial charge in [-0.15, -0.1) is 0 Å². The fourth-order valence-electron chi connectivity index (χ4n) is 1.76. The van der Waals surface area contributed by atoms with E-state index < -0.39 is 0 Å². The molecule has 4 heteroatoms. The normalized spacial score (nSPS) is 13.7. The number of likely N-dealkylation sites (N-methyl/N-ethyl adjacent to an activating group) is 1. The van der Waals surface area contributed by atoms with Gasteiger partial charge in [-0.25, -0.2) is 0 Å². The number of aromatic nitrogens is 1. The molecule has 1 rings (SSSR count). The van der Waals surface area contributed by atoms with E-state index in [0.29, 0.717) is 0 Å². The van der Waals surface area contributed by atoms with Crippen molar-refractivity contribution in [3.63, 3.8) is 0 Å². The van der Waals surface area contributed by atoms with Crippen molar-refractivity contribution in [3.05, 3.63) is 28.5 Å². The number of hydrogen-bond acceptors (Lipinski definition) is 3. The number of nitrogens with one attached hydrogen (secondary N) is 1. The van der Waals surface area contributed by atoms with E-state index in [2.05, 4.69) is 53.1 Å². The molecule has 0 saturated heterocycles. The fourth-order valence-corrected chi connectivity index (χ4v) is 2.17. The van der Waals surface area contributed by atoms with Crippen LogP contribution in [0.25, 0.3) is 0 Å². The van der Waals surface area contributed by atoms with E-state index in [0.717, 1.165) is 17.4 Å². The molecular weight excluding hydrogens is 280 g/mol. The Morgan fingerprint density at radius 2 is 2.18 bits per heavy atom. The number of rotatable bonds is 6. The fraction of sp³-hybridized carbons (Fsp3) is 0.615. The lowest BCUT2D eigenvalue weighted by Gasteiger charge is -2.33. The van der Waals surface area contributed by atoms with Gasteiger partial charge in [0.25, 0.3) is 0 Å². The standard InChI is InChI=1S/C13H21BrN2O/c1-5-16-12(13(2,3)17-4)7-10-6-11(14)9-15-8-10/h6,8-9,12,16H,5,7H2,1-4H3. The van der Waals surface area contributed by atoms with E-state index in [9.17, 15) is 0 Å². The van der Waals surface area contributed by atoms with E-state index in [-0.39, 0.29) is 11.6 Å². The number of pyridine rings is 1. The van der Waals surface area contributed by atoms with Gasteiger partial charge in [0, 0.05) is 30.0 Å². The van der Waals surface area contributed by atoms with Crippen molar-refractivity contribution < 1.29 is 4.74 Å². The van der Waals surface area contributed by atoms with Crippen molar-refractivity contribution in [2.45, 2.75) is 38.8 Å². The van der Waals surface area contributed by atoms with Gasteiger partial charge in [0.1, 0.15) is 0 Å². The van der Waals surface area contributed by atoms with E-state index >= 15 is 0 Å². The lowest BCUT2D eigenvalue weighted by molar-refractivity contribution is -0.00962. The van der Waals surface area contributed by atoms with Crippen LogP contribution in [0.4, 0.5) is 0 Å². The topological polar surface area (TPSA) is 34.2 Å². The number of halogens is 1. The Balaban J connectivity index is 2.80. The number of hydrogen-bond donors (Lipinski definition) is 1. The summed E-state index contributed by atoms with van der Waals surface area (Å²) >= 11 is 3.44. The molecule has 1 heterocycles. The Bertz CT molecular complexity index is 355. The Morgan fingerprint density at radius 1 is 1.47 bits per heavy atom. The highest BCUT2D eigenvalue weighted by Gasteiger charge is 2.28. The first kappa shape index (κ1) is 14.6. The molecule has 0 aromatic carbocycles. The average Bonchev–Trinajstić information content (AvgIpc) is 2.28. The van der Waals surface area contributed by atoms with Crippen LogP contribution >= 0.6 is 15.9 Å². The van der Waals surface area contributed by atoms with Crippen LogP contribution in [-0.2, 0) is 11.2 Å². The Labute approximate surface area is 112 Å². The lowest BCUT2D eigenvalue weighted by Crippen LogP contribution is -2.49. The Hall–Kier alpha value is -0.450. The highest BCUT2D eigenvalue weighted by molar-refractivity contribution is 9.10. The predicted octanol–water partition coefficient (Wildman–Crippen LogP) is 2.79. The zero-order valence-corrected chi connectivity index (χ0v) is 12.5. The summed E-state index contributed by atoms with van der Waals surface area (Å²) in [5, 5.41) is 3.47. The molecule has 0 bridgehead atoms. The van der Waals surface area contributed by atoms with Crippen LogP contribution in [0.5, 0.6) is 0 Å². The van der Waals surface area contributed by atoms with Crippen molar-refractivity contribution in [3.8, 4) is 0 Å². The van der Waals surface area contributed by atoms with Crippen molar-refractivity contribution in [2.24, 2.45) is 0 Å². The Kier molecular flexibility index (Phi) is 5.56. The van der Waals surface area contributed by atoms with Crippen LogP contribution in [0.3, 0.4) is 0 Å². The monoisotopic (exact) mass is 300 g/mol. The SMILES string of the molecule is CCNC(Cc1cncc(Br)c1)C(C)(C)OC. The van der Waals surface area contributed by atoms with Crippen molar-refractivity contribution in [1.29, 1.82) is 0 Å². The molecule has 1 N–H and O–H groups in total. The molecule has 17 heavy (non-hydrogen) atoms. The van der Waals surface area contributed by atoms with Gasteiger partial charge in [0.2, 0.25) is 0 Å². The third-order valence-electron chi connectivity index (χ3n) is 3.02. The van der Waals surface area contributed by atoms with Crippen LogP contribution in [0.1, 0.15) is 26.3 Å². The smallest absolute Gasteiger partial charge is 0.0778 e. The summed E-state index contributed by atoms with van der Waals surface area (Å²) in [7, 11) is 1.75. The summed E-state index contributed by atoms with van der Waals surface area (Å²) < 4.78 is 6.57. The Morgan fingerprint density at radius 3 is 2.71 bits per heavy atom. The summed E-state index contributed by atoms with van der Waals surface area (Å²) in [5.41, 5.74) is 1.01. The van der Waals surface area contributed by atoms with E-state index in [1.807, 2.05) is 6.20 Å². The first-order valence-electron chi connectivity index (χ1n) is 5.87. The molecular formula is C13H21BrN2O. The molecule has 1 atom stereocenters. The third kappa shape index (κ3) is 4.37. The molecule has 1 aromatic heterocycles. The van der Waals surface area contributed by atoms with E-state index in [1.165, 1.54) is 5.56 Å². The molecule has 0 aliphatic heterocycles. The number of ether oxygens (including phenoxy) is 1. The summed E-state index contributed by atoms with van der Waals surface area (Å²) in [5.74, 6) is 0. The van der Waals surface area contributed by atoms with Gasteiger partial charge >= 0.3 is 0 Å². The minimum Gasteiger partial charge on any atom is -0.377 e. The van der Waals surface area contributed by atoms with Crippen molar-refractivity contribution >= 4 is 15.9 Å². The van der Waals surface area contributed by atoms with Gasteiger partial charge in [-0.1, -0.05) is 6.92 Å². The second kappa shape index (κ2) is 6.47. The largest absolute Gasteiger partial charge is 0.377 e. The van der Waals surface area contributed by atoms with Crippen LogP contribution in [0.2, 0.25) is 0 Å². The minimum absolute atomic E-state index is 0.196. The highest BCUT2D eigenvalue weighted by Crippen LogP contribution is 2.19. The maximum atomic E-state index is 5.56. The summed E-state index contributed by atoms with van der Waals surface area (Å²) in [6.07, 6.45) is 4.61. The van der Waals surface area contributed by atoms with Gasteiger partial charge in [0.05, 0.1) is 5.60 Å². The molecule has 3 nitrogen and oxygen atoms in total. The third-order valence-corrected chi connectivity index (χ3v) is 3.45. The predicted molar refractivity (Wildman–Crippen MR) is 74.2 cm³/mol. The first-order chi connectivity index (χ1) is 7.99. The number of nitrogens with zero attached hydrogens (tertiary/aromatic N) is 1. The molecule has 0 spiro atoms. The molecule has 0 aliphatic rings. The van der Waals surface area contributed by atoms with Crippen LogP contribution in [0.15, 0.2) is 22.9 Å². The van der Waals surface area contributed by atoms with Gasteiger partial charge in [0.15, 0.2) is 0 Å². The molecule has 0 radical (unpaired) electrons. The van der Waals surface area contributed by atoms with Gasteiger partial charge < -0.3 is 10.1 Å². The van der Waals surface area contributed by atoms with Gasteiger partial charge in [-0.2, -0.15) is 0 Å². The second-order valence-electron chi connectivity index (χ2n) is 4.63. The average molecular weight is 301 g/mol. The van der Waals surface area contributed by atoms with Crippen molar-refractivity contribution in [1.82, 2.24) is 10.3 Å². The van der Waals surface area contributed by atoms with Gasteiger partial charge in [-0.05, 0) is 54.4 Å². The highest BCUT2D eigenvalue weighted by atomic mass is 79.9. The molecule has 1 unspecified atom stereocenters. The molecule has 0 amide bonds. The van der Waals surface area contributed by atoms with E-state index in [1.54, 1.807) is 13.3 Å². The van der Waals surface area contributed by atoms with Crippen LogP contribution < -0.4 is 5.32 Å². The summed E-state index contributed by atoms with van der Waals surface area (Å²) in [4.78, 5) is 4.19. The van der Waals surface area contributed by atoms with Crippen LogP contribution in [-0.4, -0.2) is 30.3 Å². The van der Waals surface area contributed by atoms with Crippen molar-refractivity contribution in [2.75, 3.05) is 13.7 Å².